The molecule has 0 saturated carbocycles. The molecule has 1 fully saturated rings. The Labute approximate surface area is 160 Å². The Morgan fingerprint density at radius 1 is 1.00 bits per heavy atom. The molecule has 1 atom stereocenters. The number of hydrogen-bond donors (Lipinski definition) is 6. The maximum atomic E-state index is 9.10. The number of ether oxygens (including phenoxy) is 1. The van der Waals surface area contributed by atoms with Crippen molar-refractivity contribution in [1.29, 1.82) is 0 Å². The third kappa shape index (κ3) is 12.1. The summed E-state index contributed by atoms with van der Waals surface area (Å²) in [6.07, 6.45) is 2.58. The van der Waals surface area contributed by atoms with Gasteiger partial charge in [-0.3, -0.25) is 0 Å². The van der Waals surface area contributed by atoms with Gasteiger partial charge < -0.3 is 35.8 Å². The number of hydrogen-bond acceptors (Lipinski definition) is 7. The molecule has 1 unspecified atom stereocenters. The Hall–Kier alpha value is -3.34. The first-order valence-electron chi connectivity index (χ1n) is 8.29. The van der Waals surface area contributed by atoms with Gasteiger partial charge in [0, 0.05) is 18.3 Å². The number of rotatable bonds is 5. The number of nitrogens with one attached hydrogen (secondary N) is 2. The number of carbonyl (C=O) groups is 4. The molecule has 1 aliphatic heterocycles. The Morgan fingerprint density at radius 3 is 1.86 bits per heavy atom. The topological polar surface area (TPSA) is 182 Å². The number of carboxylic acids is 4. The van der Waals surface area contributed by atoms with E-state index in [1.54, 1.807) is 0 Å². The molecule has 0 spiro atoms. The van der Waals surface area contributed by atoms with E-state index in [0.29, 0.717) is 6.04 Å². The average molecular weight is 400 g/mol. The van der Waals surface area contributed by atoms with Crippen LogP contribution in [0.4, 0.5) is 5.69 Å². The number of aliphatic carboxylic acids is 4. The second-order valence-corrected chi connectivity index (χ2v) is 5.35. The monoisotopic (exact) mass is 400 g/mol. The van der Waals surface area contributed by atoms with Crippen LogP contribution in [0.5, 0.6) is 5.75 Å². The highest BCUT2D eigenvalue weighted by molar-refractivity contribution is 6.27. The molecule has 0 amide bonds. The molecule has 0 aliphatic carbocycles. The minimum atomic E-state index is -1.82. The Bertz CT molecular complexity index is 593. The fourth-order valence-electron chi connectivity index (χ4n) is 2.01. The zero-order chi connectivity index (χ0) is 21.5. The summed E-state index contributed by atoms with van der Waals surface area (Å²) in [6.45, 7) is 4.89. The lowest BCUT2D eigenvalue weighted by molar-refractivity contribution is -0.159. The summed E-state index contributed by atoms with van der Waals surface area (Å²) in [5.41, 5.74) is 1.16. The standard InChI is InChI=1S/C13H20N2O.2C2H2O4/c1-2-16-13-7-5-11(6-8-13)15-10-12-4-3-9-14-12;2*3-1(4)2(5)6/h5-8,12,14-15H,2-4,9-10H2,1H3;2*(H,3,4)(H,5,6). The van der Waals surface area contributed by atoms with Gasteiger partial charge in [0.1, 0.15) is 5.75 Å². The lowest BCUT2D eigenvalue weighted by Crippen LogP contribution is -2.29. The summed E-state index contributed by atoms with van der Waals surface area (Å²) < 4.78 is 5.40. The van der Waals surface area contributed by atoms with Crippen LogP contribution < -0.4 is 15.4 Å². The fourth-order valence-corrected chi connectivity index (χ4v) is 2.01. The second kappa shape index (κ2) is 13.8. The molecule has 0 aromatic heterocycles. The van der Waals surface area contributed by atoms with Crippen LogP contribution in [0, 0.1) is 0 Å². The third-order valence-electron chi connectivity index (χ3n) is 3.25. The summed E-state index contributed by atoms with van der Waals surface area (Å²) >= 11 is 0. The molecule has 0 radical (unpaired) electrons. The van der Waals surface area contributed by atoms with Gasteiger partial charge in [-0.05, 0) is 50.6 Å². The molecule has 11 nitrogen and oxygen atoms in total. The van der Waals surface area contributed by atoms with Gasteiger partial charge in [0.25, 0.3) is 0 Å². The van der Waals surface area contributed by atoms with Gasteiger partial charge in [0.15, 0.2) is 0 Å². The maximum Gasteiger partial charge on any atom is 0.414 e. The first-order valence-corrected chi connectivity index (χ1v) is 8.29. The lowest BCUT2D eigenvalue weighted by Gasteiger charge is -2.12. The highest BCUT2D eigenvalue weighted by Crippen LogP contribution is 2.16. The van der Waals surface area contributed by atoms with E-state index in [2.05, 4.69) is 22.8 Å². The van der Waals surface area contributed by atoms with Crippen LogP contribution in [0.2, 0.25) is 0 Å². The largest absolute Gasteiger partial charge is 0.494 e. The van der Waals surface area contributed by atoms with Crippen molar-refractivity contribution in [2.24, 2.45) is 0 Å². The zero-order valence-corrected chi connectivity index (χ0v) is 15.3. The summed E-state index contributed by atoms with van der Waals surface area (Å²) in [4.78, 5) is 36.4. The Kier molecular flexibility index (Phi) is 12.2. The van der Waals surface area contributed by atoms with E-state index in [-0.39, 0.29) is 0 Å². The Balaban J connectivity index is 0.000000505. The highest BCUT2D eigenvalue weighted by Gasteiger charge is 2.12. The van der Waals surface area contributed by atoms with Crippen molar-refractivity contribution in [1.82, 2.24) is 5.32 Å². The molecule has 0 bridgehead atoms. The molecule has 2 rings (SSSR count). The second-order valence-electron chi connectivity index (χ2n) is 5.35. The maximum absolute atomic E-state index is 9.10. The predicted molar refractivity (Wildman–Crippen MR) is 97.7 cm³/mol. The van der Waals surface area contributed by atoms with Gasteiger partial charge >= 0.3 is 23.9 Å². The van der Waals surface area contributed by atoms with Crippen LogP contribution in [0.1, 0.15) is 19.8 Å². The predicted octanol–water partition coefficient (Wildman–Crippen LogP) is 0.560. The molecule has 11 heteroatoms. The van der Waals surface area contributed by atoms with Crippen LogP contribution in [-0.2, 0) is 19.2 Å². The van der Waals surface area contributed by atoms with E-state index >= 15 is 0 Å². The van der Waals surface area contributed by atoms with Crippen molar-refractivity contribution < 1.29 is 44.3 Å². The molecule has 1 heterocycles. The molecule has 1 aromatic carbocycles. The van der Waals surface area contributed by atoms with Crippen molar-refractivity contribution >= 4 is 29.6 Å². The van der Waals surface area contributed by atoms with E-state index in [1.165, 1.54) is 12.8 Å². The van der Waals surface area contributed by atoms with Gasteiger partial charge in [-0.1, -0.05) is 0 Å². The molecule has 1 aliphatic rings. The van der Waals surface area contributed by atoms with E-state index < -0.39 is 23.9 Å². The summed E-state index contributed by atoms with van der Waals surface area (Å²) in [7, 11) is 0. The van der Waals surface area contributed by atoms with Gasteiger partial charge in [0.2, 0.25) is 0 Å². The number of benzene rings is 1. The van der Waals surface area contributed by atoms with Crippen LogP contribution in [0.3, 0.4) is 0 Å². The van der Waals surface area contributed by atoms with Crippen LogP contribution in [0.25, 0.3) is 0 Å². The Morgan fingerprint density at radius 2 is 1.50 bits per heavy atom. The van der Waals surface area contributed by atoms with Gasteiger partial charge in [-0.2, -0.15) is 0 Å². The van der Waals surface area contributed by atoms with Crippen molar-refractivity contribution in [2.45, 2.75) is 25.8 Å². The summed E-state index contributed by atoms with van der Waals surface area (Å²) in [5.74, 6) is -6.36. The summed E-state index contributed by atoms with van der Waals surface area (Å²) in [5, 5.41) is 36.5. The SMILES string of the molecule is CCOc1ccc(NCC2CCCN2)cc1.O=C(O)C(=O)O.O=C(O)C(=O)O. The first-order chi connectivity index (χ1) is 13.2. The highest BCUT2D eigenvalue weighted by atomic mass is 16.5. The van der Waals surface area contributed by atoms with Crippen LogP contribution in [0.15, 0.2) is 24.3 Å². The van der Waals surface area contributed by atoms with Crippen molar-refractivity contribution in [3.63, 3.8) is 0 Å². The molecular weight excluding hydrogens is 376 g/mol. The smallest absolute Gasteiger partial charge is 0.414 e. The van der Waals surface area contributed by atoms with E-state index in [4.69, 9.17) is 44.3 Å². The van der Waals surface area contributed by atoms with Crippen molar-refractivity contribution in [2.75, 3.05) is 25.0 Å². The van der Waals surface area contributed by atoms with Gasteiger partial charge in [0.05, 0.1) is 6.61 Å². The van der Waals surface area contributed by atoms with Crippen molar-refractivity contribution in [3.8, 4) is 5.75 Å². The first kappa shape index (κ1) is 24.7. The summed E-state index contributed by atoms with van der Waals surface area (Å²) in [6, 6.07) is 8.79. The van der Waals surface area contributed by atoms with Gasteiger partial charge in [-0.25, -0.2) is 19.2 Å². The van der Waals surface area contributed by atoms with Crippen LogP contribution in [-0.4, -0.2) is 70.0 Å². The molecule has 6 N–H and O–H groups in total. The van der Waals surface area contributed by atoms with Crippen LogP contribution >= 0.6 is 0 Å². The quantitative estimate of drug-likeness (QED) is 0.380. The zero-order valence-electron chi connectivity index (χ0n) is 15.3. The fraction of sp³-hybridized carbons (Fsp3) is 0.412. The number of carboxylic acid groups (broad SMARTS) is 4. The van der Waals surface area contributed by atoms with Crippen molar-refractivity contribution in [3.05, 3.63) is 24.3 Å². The van der Waals surface area contributed by atoms with Gasteiger partial charge in [-0.15, -0.1) is 0 Å². The number of anilines is 1. The average Bonchev–Trinajstić information content (AvgIpc) is 3.16. The molecule has 28 heavy (non-hydrogen) atoms. The minimum Gasteiger partial charge on any atom is -0.494 e. The molecular formula is C17H24N2O9. The normalized spacial score (nSPS) is 14.4. The minimum absolute atomic E-state index is 0.631. The lowest BCUT2D eigenvalue weighted by atomic mass is 10.2. The molecule has 1 aromatic rings. The van der Waals surface area contributed by atoms with E-state index in [0.717, 1.165) is 31.1 Å². The third-order valence-corrected chi connectivity index (χ3v) is 3.25. The van der Waals surface area contributed by atoms with E-state index in [9.17, 15) is 0 Å². The molecule has 1 saturated heterocycles. The molecule has 156 valence electrons. The van der Waals surface area contributed by atoms with E-state index in [1.807, 2.05) is 19.1 Å².